The zero-order valence-corrected chi connectivity index (χ0v) is 92.6. The van der Waals surface area contributed by atoms with E-state index in [0.29, 0.717) is 27.1 Å². The highest BCUT2D eigenvalue weighted by Gasteiger charge is 2.34. The van der Waals surface area contributed by atoms with Gasteiger partial charge < -0.3 is 43.3 Å². The largest absolute Gasteiger partial charge is 0.455 e. The second kappa shape index (κ2) is 49.6. The van der Waals surface area contributed by atoms with Crippen LogP contribution in [0.15, 0.2) is 449 Å². The lowest BCUT2D eigenvalue weighted by Gasteiger charge is -2.42. The Morgan fingerprint density at radius 1 is 0.140 bits per heavy atom. The molecule has 16 aromatic rings. The van der Waals surface area contributed by atoms with E-state index in [-0.39, 0.29) is 11.1 Å². The molecule has 0 aliphatic carbocycles. The fraction of sp³-hybridized carbons (Fsp3) is 0.256. The molecule has 0 saturated heterocycles. The van der Waals surface area contributed by atoms with E-state index in [4.69, 9.17) is 23.7 Å². The molecule has 0 amide bonds. The van der Waals surface area contributed by atoms with Crippen LogP contribution < -0.4 is 43.3 Å². The maximum atomic E-state index is 5.99. The fourth-order valence-corrected chi connectivity index (χ4v) is 19.7. The number of hydrogen-bond donors (Lipinski definition) is 0. The molecular weight excluding hydrogens is 1850 g/mol. The van der Waals surface area contributed by atoms with Crippen molar-refractivity contribution in [1.82, 2.24) is 0 Å². The molecular formula is C129H144N4O5S5. The highest BCUT2D eigenvalue weighted by atomic mass is 32.2. The third kappa shape index (κ3) is 33.8. The standard InChI is InChI=1S/C18H13NO.C18H13NS.C16H17NO.C16H17NS.C12H8O2.C12H8OS.C12H8S2.5C5H12/c2*1-2-8-14(9-3-1)19-15-10-4-6-12-17(15)20-18-13-7-5-11-16(18)19;2*1-16(2,3)17-12-8-4-6-10-14(12)18-15-11-7-5-9-13(15)17;1-2-6-10-9(5-1)13-11-7-3-4-8-12(11)14-10;1-3-7-11-9(5-1)13-10-6-2-4-8-12(10)14-11;1-2-6-10-9(5-1)13-11-7-3-4-8-12(11)14-10;5*1-5(2,3)4/h2*1-13H;2*4-11H,1-3H3;3*1-8H;5*1-4H3. The molecule has 0 atom stereocenters. The van der Waals surface area contributed by atoms with Crippen LogP contribution in [0, 0.1) is 27.1 Å². The van der Waals surface area contributed by atoms with Crippen molar-refractivity contribution < 1.29 is 23.7 Å². The summed E-state index contributed by atoms with van der Waals surface area (Å²) in [7, 11) is 0. The second-order valence-corrected chi connectivity index (χ2v) is 50.2. The number of rotatable bonds is 2. The average Bonchev–Trinajstić information content (AvgIpc) is 0.752. The number of ether oxygens (including phenoxy) is 5. The van der Waals surface area contributed by atoms with Gasteiger partial charge in [-0.15, -0.1) is 0 Å². The van der Waals surface area contributed by atoms with Crippen molar-refractivity contribution in [1.29, 1.82) is 0 Å². The summed E-state index contributed by atoms with van der Waals surface area (Å²) in [5.74, 6) is 8.60. The number of anilines is 10. The van der Waals surface area contributed by atoms with Gasteiger partial charge in [0.25, 0.3) is 0 Å². The van der Waals surface area contributed by atoms with Crippen molar-refractivity contribution in [2.45, 2.75) is 240 Å². The summed E-state index contributed by atoms with van der Waals surface area (Å²) in [6.07, 6.45) is 0. The lowest BCUT2D eigenvalue weighted by Crippen LogP contribution is -2.39. The van der Waals surface area contributed by atoms with Gasteiger partial charge in [-0.2, -0.15) is 0 Å². The first-order valence-electron chi connectivity index (χ1n) is 49.2. The molecule has 0 radical (unpaired) electrons. The van der Waals surface area contributed by atoms with Crippen molar-refractivity contribution in [2.24, 2.45) is 27.1 Å². The Labute approximate surface area is 877 Å². The molecule has 0 saturated carbocycles. The Bertz CT molecular complexity index is 5770. The zero-order chi connectivity index (χ0) is 103. The van der Waals surface area contributed by atoms with E-state index in [1.54, 1.807) is 11.8 Å². The zero-order valence-electron chi connectivity index (χ0n) is 88.5. The van der Waals surface area contributed by atoms with Gasteiger partial charge in [-0.1, -0.05) is 404 Å². The minimum atomic E-state index is 0.00991. The molecule has 0 fully saturated rings. The molecule has 14 heteroatoms. The van der Waals surface area contributed by atoms with Crippen LogP contribution in [-0.4, -0.2) is 11.1 Å². The van der Waals surface area contributed by atoms with Gasteiger partial charge in [0.15, 0.2) is 46.0 Å². The Morgan fingerprint density at radius 3 is 0.566 bits per heavy atom. The third-order valence-electron chi connectivity index (χ3n) is 19.5. The molecule has 7 aliphatic heterocycles. The van der Waals surface area contributed by atoms with E-state index < -0.39 is 0 Å². The predicted octanol–water partition coefficient (Wildman–Crippen LogP) is 42.8. The van der Waals surface area contributed by atoms with Gasteiger partial charge in [0.2, 0.25) is 0 Å². The highest BCUT2D eigenvalue weighted by Crippen LogP contribution is 2.57. The SMILES string of the molecule is CC(C)(C)C.CC(C)(C)C.CC(C)(C)C.CC(C)(C)C.CC(C)(C)C.CC(C)(C)N1c2ccccc2Oc2ccccc21.CC(C)(C)N1c2ccccc2Sc2ccccc21.c1ccc(N2c3ccccc3Oc3ccccc32)cc1.c1ccc(N2c3ccccc3Sc3ccccc32)cc1.c1ccc2c(c1)Oc1ccccc1O2.c1ccc2c(c1)Oc1ccccc1S2.c1ccc2c(c1)Sc1ccccc1S2. The Hall–Kier alpha value is -12.5. The molecule has 143 heavy (non-hydrogen) atoms. The number of fused-ring (bicyclic) bond motifs is 14. The van der Waals surface area contributed by atoms with Crippen molar-refractivity contribution in [3.05, 3.63) is 400 Å². The monoisotopic (exact) mass is 1990 g/mol. The van der Waals surface area contributed by atoms with Crippen molar-refractivity contribution >= 4 is 116 Å². The van der Waals surface area contributed by atoms with Gasteiger partial charge in [-0.3, -0.25) is 0 Å². The molecule has 0 bridgehead atoms. The summed E-state index contributed by atoms with van der Waals surface area (Å²) in [6.45, 7) is 57.2. The number of benzene rings is 16. The molecule has 23 rings (SSSR count). The predicted molar refractivity (Wildman–Crippen MR) is 617 cm³/mol. The molecule has 0 aromatic heterocycles. The molecule has 16 aromatic carbocycles. The normalized spacial score (nSPS) is 12.8. The molecule has 0 spiro atoms. The summed E-state index contributed by atoms with van der Waals surface area (Å²) >= 11 is 9.18. The smallest absolute Gasteiger partial charge is 0.170 e. The van der Waals surface area contributed by atoms with E-state index in [2.05, 4.69) is 448 Å². The molecule has 0 N–H and O–H groups in total. The van der Waals surface area contributed by atoms with E-state index in [1.165, 1.54) is 77.4 Å². The van der Waals surface area contributed by atoms with Crippen LogP contribution in [0.1, 0.15) is 180 Å². The van der Waals surface area contributed by atoms with Crippen molar-refractivity contribution in [2.75, 3.05) is 19.6 Å². The first-order chi connectivity index (χ1) is 67.8. The van der Waals surface area contributed by atoms with Gasteiger partial charge >= 0.3 is 0 Å². The third-order valence-corrected chi connectivity index (χ3v) is 25.5. The van der Waals surface area contributed by atoms with Crippen LogP contribution in [0.2, 0.25) is 0 Å². The maximum absolute atomic E-state index is 5.99. The fourth-order valence-electron chi connectivity index (χ4n) is 14.4. The summed E-state index contributed by atoms with van der Waals surface area (Å²) in [5, 5.41) is 0. The summed E-state index contributed by atoms with van der Waals surface area (Å²) in [4.78, 5) is 22.5. The van der Waals surface area contributed by atoms with E-state index in [9.17, 15) is 0 Å². The number of nitrogens with zero attached hydrogens (tertiary/aromatic N) is 4. The Balaban J connectivity index is 0.000000143. The second-order valence-electron chi connectivity index (χ2n) is 44.8. The van der Waals surface area contributed by atoms with Gasteiger partial charge in [-0.05, 0) is 263 Å². The molecule has 0 unspecified atom stereocenters. The van der Waals surface area contributed by atoms with Crippen molar-refractivity contribution in [3.8, 4) is 57.5 Å². The number of hydrogen-bond acceptors (Lipinski definition) is 14. The van der Waals surface area contributed by atoms with E-state index in [0.717, 1.165) is 85.9 Å². The minimum Gasteiger partial charge on any atom is -0.455 e. The molecule has 7 aliphatic rings. The minimum absolute atomic E-state index is 0.00991. The van der Waals surface area contributed by atoms with Gasteiger partial charge in [0, 0.05) is 61.6 Å². The molecule has 9 nitrogen and oxygen atoms in total. The van der Waals surface area contributed by atoms with Crippen LogP contribution in [0.5, 0.6) is 57.5 Å². The van der Waals surface area contributed by atoms with Crippen molar-refractivity contribution in [3.63, 3.8) is 0 Å². The highest BCUT2D eigenvalue weighted by molar-refractivity contribution is 8.05. The average molecular weight is 1990 g/mol. The quantitative estimate of drug-likeness (QED) is 0.165. The van der Waals surface area contributed by atoms with Crippen LogP contribution in [0.4, 0.5) is 56.9 Å². The van der Waals surface area contributed by atoms with Crippen LogP contribution in [0.3, 0.4) is 0 Å². The van der Waals surface area contributed by atoms with Gasteiger partial charge in [0.1, 0.15) is 11.5 Å². The summed E-state index contributed by atoms with van der Waals surface area (Å²) in [5.41, 5.74) is 14.4. The van der Waals surface area contributed by atoms with E-state index >= 15 is 0 Å². The molecule has 740 valence electrons. The lowest BCUT2D eigenvalue weighted by atomic mass is 10.0. The maximum Gasteiger partial charge on any atom is 0.170 e. The lowest BCUT2D eigenvalue weighted by molar-refractivity contribution is 0.359. The van der Waals surface area contributed by atoms with Crippen LogP contribution in [-0.2, 0) is 0 Å². The van der Waals surface area contributed by atoms with E-state index in [1.807, 2.05) is 199 Å². The first-order valence-corrected chi connectivity index (χ1v) is 53.3. The Kier molecular flexibility index (Phi) is 37.9. The molecule has 7 heterocycles. The van der Waals surface area contributed by atoms with Gasteiger partial charge in [0.05, 0.1) is 55.3 Å². The van der Waals surface area contributed by atoms with Crippen LogP contribution >= 0.6 is 58.8 Å². The summed E-state index contributed by atoms with van der Waals surface area (Å²) < 4.78 is 29.0. The van der Waals surface area contributed by atoms with Gasteiger partial charge in [-0.25, -0.2) is 0 Å². The number of para-hydroxylation sites is 20. The first kappa shape index (κ1) is 109. The topological polar surface area (TPSA) is 59.1 Å². The Morgan fingerprint density at radius 2 is 0.294 bits per heavy atom. The van der Waals surface area contributed by atoms with Crippen LogP contribution in [0.25, 0.3) is 0 Å². The summed E-state index contributed by atoms with van der Waals surface area (Å²) in [6, 6.07) is 137.